The Morgan fingerprint density at radius 3 is 2.00 bits per heavy atom. The zero-order chi connectivity index (χ0) is 20.8. The summed E-state index contributed by atoms with van der Waals surface area (Å²) in [6.45, 7) is 0.393. The number of carbonyl (C=O) groups excluding carboxylic acids is 1. The van der Waals surface area contributed by atoms with Gasteiger partial charge in [0.05, 0.1) is 21.5 Å². The van der Waals surface area contributed by atoms with Gasteiger partial charge in [-0.1, -0.05) is 30.3 Å². The van der Waals surface area contributed by atoms with Crippen molar-refractivity contribution in [2.45, 2.75) is 6.61 Å². The summed E-state index contributed by atoms with van der Waals surface area (Å²) in [5.74, 6) is -0.104. The smallest absolute Gasteiger partial charge is 0.277 e. The number of non-ortho nitro benzene ring substituents is 2. The van der Waals surface area contributed by atoms with Crippen LogP contribution in [0.1, 0.15) is 15.9 Å². The molecule has 0 radical (unpaired) electrons. The standard InChI is InChI=1S/C20H15N3O6/c24-20(15-10-17(22(25)26)12-18(11-15)23(27)28)21-16-6-8-19(9-7-16)29-13-14-4-2-1-3-5-14/h1-12H,13H2,(H,21,24). The third kappa shape index (κ3) is 5.13. The normalized spacial score (nSPS) is 10.2. The molecule has 146 valence electrons. The van der Waals surface area contributed by atoms with E-state index in [0.29, 0.717) is 18.0 Å². The molecule has 0 unspecified atom stereocenters. The molecular formula is C20H15N3O6. The molecule has 0 saturated heterocycles. The van der Waals surface area contributed by atoms with Crippen LogP contribution in [-0.2, 0) is 6.61 Å². The van der Waals surface area contributed by atoms with Gasteiger partial charge in [-0.2, -0.15) is 0 Å². The molecule has 0 atom stereocenters. The number of benzene rings is 3. The van der Waals surface area contributed by atoms with Crippen molar-refractivity contribution >= 4 is 23.0 Å². The first-order valence-electron chi connectivity index (χ1n) is 8.44. The molecule has 0 bridgehead atoms. The van der Waals surface area contributed by atoms with Crippen molar-refractivity contribution in [1.82, 2.24) is 0 Å². The monoisotopic (exact) mass is 393 g/mol. The van der Waals surface area contributed by atoms with Gasteiger partial charge >= 0.3 is 0 Å². The van der Waals surface area contributed by atoms with Crippen LogP contribution in [0.2, 0.25) is 0 Å². The highest BCUT2D eigenvalue weighted by Crippen LogP contribution is 2.24. The van der Waals surface area contributed by atoms with Gasteiger partial charge in [0.15, 0.2) is 0 Å². The molecule has 29 heavy (non-hydrogen) atoms. The molecule has 3 aromatic carbocycles. The lowest BCUT2D eigenvalue weighted by molar-refractivity contribution is -0.394. The second-order valence-corrected chi connectivity index (χ2v) is 6.01. The van der Waals surface area contributed by atoms with Gasteiger partial charge < -0.3 is 10.1 Å². The second kappa shape index (κ2) is 8.61. The lowest BCUT2D eigenvalue weighted by Crippen LogP contribution is -2.12. The van der Waals surface area contributed by atoms with Gasteiger partial charge in [0.1, 0.15) is 12.4 Å². The molecular weight excluding hydrogens is 378 g/mol. The van der Waals surface area contributed by atoms with Crippen molar-refractivity contribution in [2.24, 2.45) is 0 Å². The molecule has 0 fully saturated rings. The van der Waals surface area contributed by atoms with E-state index in [1.54, 1.807) is 24.3 Å². The average molecular weight is 393 g/mol. The van der Waals surface area contributed by atoms with E-state index in [4.69, 9.17) is 4.74 Å². The van der Waals surface area contributed by atoms with Gasteiger partial charge in [0.2, 0.25) is 0 Å². The van der Waals surface area contributed by atoms with Crippen LogP contribution < -0.4 is 10.1 Å². The van der Waals surface area contributed by atoms with Gasteiger partial charge in [0, 0.05) is 17.8 Å². The van der Waals surface area contributed by atoms with Crippen LogP contribution >= 0.6 is 0 Å². The van der Waals surface area contributed by atoms with Crippen molar-refractivity contribution in [3.63, 3.8) is 0 Å². The minimum absolute atomic E-state index is 0.185. The van der Waals surface area contributed by atoms with E-state index in [-0.39, 0.29) is 5.56 Å². The number of rotatable bonds is 7. The molecule has 0 aliphatic heterocycles. The van der Waals surface area contributed by atoms with E-state index in [9.17, 15) is 25.0 Å². The number of nitro benzene ring substituents is 2. The number of nitro groups is 2. The summed E-state index contributed by atoms with van der Waals surface area (Å²) in [7, 11) is 0. The maximum absolute atomic E-state index is 12.4. The number of nitrogens with zero attached hydrogens (tertiary/aromatic N) is 2. The highest BCUT2D eigenvalue weighted by atomic mass is 16.6. The molecule has 1 amide bonds. The van der Waals surface area contributed by atoms with Gasteiger partial charge in [-0.3, -0.25) is 25.0 Å². The molecule has 0 aliphatic carbocycles. The molecule has 0 aromatic heterocycles. The van der Waals surface area contributed by atoms with E-state index in [2.05, 4.69) is 5.32 Å². The summed E-state index contributed by atoms with van der Waals surface area (Å²) < 4.78 is 5.66. The van der Waals surface area contributed by atoms with Crippen LogP contribution in [0.25, 0.3) is 0 Å². The quantitative estimate of drug-likeness (QED) is 0.470. The van der Waals surface area contributed by atoms with Crippen LogP contribution in [-0.4, -0.2) is 15.8 Å². The molecule has 3 aromatic rings. The SMILES string of the molecule is O=C(Nc1ccc(OCc2ccccc2)cc1)c1cc([N+](=O)[O-])cc([N+](=O)[O-])c1. The fourth-order valence-corrected chi connectivity index (χ4v) is 2.52. The van der Waals surface area contributed by atoms with Crippen LogP contribution in [0, 0.1) is 20.2 Å². The average Bonchev–Trinajstić information content (AvgIpc) is 2.73. The summed E-state index contributed by atoms with van der Waals surface area (Å²) in [6.07, 6.45) is 0. The number of hydrogen-bond acceptors (Lipinski definition) is 6. The fourth-order valence-electron chi connectivity index (χ4n) is 2.52. The topological polar surface area (TPSA) is 125 Å². The fraction of sp³-hybridized carbons (Fsp3) is 0.0500. The largest absolute Gasteiger partial charge is 0.489 e. The van der Waals surface area contributed by atoms with E-state index in [1.165, 1.54) is 0 Å². The molecule has 0 spiro atoms. The maximum Gasteiger partial charge on any atom is 0.277 e. The Morgan fingerprint density at radius 1 is 0.862 bits per heavy atom. The lowest BCUT2D eigenvalue weighted by Gasteiger charge is -2.09. The van der Waals surface area contributed by atoms with Crippen LogP contribution in [0.5, 0.6) is 5.75 Å². The summed E-state index contributed by atoms with van der Waals surface area (Å²) >= 11 is 0. The number of nitrogens with one attached hydrogen (secondary N) is 1. The Hall–Kier alpha value is -4.27. The molecule has 0 saturated carbocycles. The van der Waals surface area contributed by atoms with E-state index >= 15 is 0 Å². The molecule has 9 nitrogen and oxygen atoms in total. The minimum Gasteiger partial charge on any atom is -0.489 e. The number of hydrogen-bond donors (Lipinski definition) is 1. The van der Waals surface area contributed by atoms with Gasteiger partial charge in [-0.05, 0) is 29.8 Å². The Kier molecular flexibility index (Phi) is 5.79. The summed E-state index contributed by atoms with van der Waals surface area (Å²) in [5, 5.41) is 24.4. The number of carbonyl (C=O) groups is 1. The Morgan fingerprint density at radius 2 is 1.45 bits per heavy atom. The molecule has 0 aliphatic rings. The summed E-state index contributed by atoms with van der Waals surface area (Å²) in [5.41, 5.74) is 0.173. The number of anilines is 1. The Bertz CT molecular complexity index is 1020. The molecule has 1 N–H and O–H groups in total. The first-order valence-corrected chi connectivity index (χ1v) is 8.44. The second-order valence-electron chi connectivity index (χ2n) is 6.01. The minimum atomic E-state index is -0.789. The van der Waals surface area contributed by atoms with Crippen LogP contribution in [0.4, 0.5) is 17.1 Å². The van der Waals surface area contributed by atoms with Crippen LogP contribution in [0.15, 0.2) is 72.8 Å². The molecule has 3 rings (SSSR count). The zero-order valence-corrected chi connectivity index (χ0v) is 15.0. The van der Waals surface area contributed by atoms with Gasteiger partial charge in [-0.25, -0.2) is 0 Å². The first kappa shape index (κ1) is 19.5. The highest BCUT2D eigenvalue weighted by Gasteiger charge is 2.20. The predicted molar refractivity (Wildman–Crippen MR) is 105 cm³/mol. The molecule has 9 heteroatoms. The summed E-state index contributed by atoms with van der Waals surface area (Å²) in [6, 6.07) is 18.9. The predicted octanol–water partition coefficient (Wildman–Crippen LogP) is 4.33. The van der Waals surface area contributed by atoms with E-state index in [1.807, 2.05) is 30.3 Å². The van der Waals surface area contributed by atoms with Crippen molar-refractivity contribution in [2.75, 3.05) is 5.32 Å². The van der Waals surface area contributed by atoms with Crippen molar-refractivity contribution in [3.05, 3.63) is 104 Å². The Balaban J connectivity index is 1.69. The lowest BCUT2D eigenvalue weighted by atomic mass is 10.1. The van der Waals surface area contributed by atoms with E-state index < -0.39 is 27.1 Å². The Labute approximate surface area is 164 Å². The van der Waals surface area contributed by atoms with Gasteiger partial charge in [0.25, 0.3) is 17.3 Å². The first-order chi connectivity index (χ1) is 13.9. The number of ether oxygens (including phenoxy) is 1. The van der Waals surface area contributed by atoms with Gasteiger partial charge in [-0.15, -0.1) is 0 Å². The highest BCUT2D eigenvalue weighted by molar-refractivity contribution is 6.05. The van der Waals surface area contributed by atoms with E-state index in [0.717, 1.165) is 23.8 Å². The maximum atomic E-state index is 12.4. The summed E-state index contributed by atoms with van der Waals surface area (Å²) in [4.78, 5) is 32.7. The third-order valence-corrected chi connectivity index (χ3v) is 3.95. The molecule has 0 heterocycles. The number of amides is 1. The third-order valence-electron chi connectivity index (χ3n) is 3.95. The zero-order valence-electron chi connectivity index (χ0n) is 15.0. The van der Waals surface area contributed by atoms with Crippen molar-refractivity contribution in [3.8, 4) is 5.75 Å². The van der Waals surface area contributed by atoms with Crippen molar-refractivity contribution in [1.29, 1.82) is 0 Å². The van der Waals surface area contributed by atoms with Crippen molar-refractivity contribution < 1.29 is 19.4 Å². The van der Waals surface area contributed by atoms with Crippen LogP contribution in [0.3, 0.4) is 0 Å².